The van der Waals surface area contributed by atoms with Crippen LogP contribution < -0.4 is 11.3 Å². The summed E-state index contributed by atoms with van der Waals surface area (Å²) in [5, 5.41) is 0. The summed E-state index contributed by atoms with van der Waals surface area (Å²) in [6, 6.07) is 4.37. The third-order valence-corrected chi connectivity index (χ3v) is 4.41. The van der Waals surface area contributed by atoms with Crippen molar-refractivity contribution in [2.24, 2.45) is 17.7 Å². The van der Waals surface area contributed by atoms with Crippen LogP contribution in [0, 0.1) is 17.7 Å². The average Bonchev–Trinajstić information content (AvgIpc) is 2.49. The van der Waals surface area contributed by atoms with Crippen molar-refractivity contribution in [1.29, 1.82) is 0 Å². The van der Waals surface area contributed by atoms with Crippen LogP contribution in [0.2, 0.25) is 0 Å². The zero-order valence-corrected chi connectivity index (χ0v) is 12.7. The molecule has 1 aliphatic heterocycles. The van der Waals surface area contributed by atoms with Crippen LogP contribution in [0.1, 0.15) is 42.6 Å². The predicted molar refractivity (Wildman–Crippen MR) is 80.9 cm³/mol. The van der Waals surface area contributed by atoms with Gasteiger partial charge >= 0.3 is 0 Å². The van der Waals surface area contributed by atoms with Gasteiger partial charge in [0.2, 0.25) is 0 Å². The molecule has 1 aromatic carbocycles. The average molecular weight is 293 g/mol. The Morgan fingerprint density at radius 1 is 1.43 bits per heavy atom. The maximum absolute atomic E-state index is 13.9. The third kappa shape index (κ3) is 4.02. The minimum absolute atomic E-state index is 0.269. The Hall–Kier alpha value is -1.46. The summed E-state index contributed by atoms with van der Waals surface area (Å²) in [6.45, 7) is 7.03. The van der Waals surface area contributed by atoms with E-state index in [-0.39, 0.29) is 5.82 Å². The first-order chi connectivity index (χ1) is 10.0. The number of piperidine rings is 1. The molecule has 1 heterocycles. The van der Waals surface area contributed by atoms with E-state index in [1.54, 1.807) is 6.07 Å². The first-order valence-electron chi connectivity index (χ1n) is 7.53. The molecule has 116 valence electrons. The van der Waals surface area contributed by atoms with Gasteiger partial charge in [-0.1, -0.05) is 13.8 Å². The third-order valence-electron chi connectivity index (χ3n) is 4.41. The van der Waals surface area contributed by atoms with E-state index in [2.05, 4.69) is 24.2 Å². The highest BCUT2D eigenvalue weighted by molar-refractivity contribution is 5.93. The van der Waals surface area contributed by atoms with Gasteiger partial charge in [0.05, 0.1) is 0 Å². The number of likely N-dealkylation sites (tertiary alicyclic amines) is 1. The second-order valence-electron chi connectivity index (χ2n) is 6.14. The van der Waals surface area contributed by atoms with Gasteiger partial charge in [-0.05, 0) is 56.0 Å². The van der Waals surface area contributed by atoms with E-state index in [1.165, 1.54) is 12.1 Å². The Morgan fingerprint density at radius 2 is 2.10 bits per heavy atom. The largest absolute Gasteiger partial charge is 0.299 e. The normalized spacial score (nSPS) is 17.2. The smallest absolute Gasteiger partial charge is 0.265 e. The lowest BCUT2D eigenvalue weighted by molar-refractivity contribution is 0.0953. The second-order valence-corrected chi connectivity index (χ2v) is 6.14. The number of halogens is 1. The van der Waals surface area contributed by atoms with Gasteiger partial charge in [0.1, 0.15) is 5.82 Å². The van der Waals surface area contributed by atoms with E-state index in [4.69, 9.17) is 5.84 Å². The predicted octanol–water partition coefficient (Wildman–Crippen LogP) is 2.30. The van der Waals surface area contributed by atoms with E-state index < -0.39 is 5.91 Å². The van der Waals surface area contributed by atoms with Gasteiger partial charge in [-0.2, -0.15) is 0 Å². The van der Waals surface area contributed by atoms with Crippen molar-refractivity contribution >= 4 is 5.91 Å². The molecule has 0 unspecified atom stereocenters. The molecule has 0 aliphatic carbocycles. The van der Waals surface area contributed by atoms with Crippen LogP contribution in [0.15, 0.2) is 18.2 Å². The maximum atomic E-state index is 13.9. The summed E-state index contributed by atoms with van der Waals surface area (Å²) in [7, 11) is 0. The quantitative estimate of drug-likeness (QED) is 0.509. The molecule has 1 aromatic rings. The molecule has 1 fully saturated rings. The van der Waals surface area contributed by atoms with Crippen LogP contribution in [0.4, 0.5) is 4.39 Å². The number of benzene rings is 1. The topological polar surface area (TPSA) is 58.4 Å². The molecule has 0 bridgehead atoms. The van der Waals surface area contributed by atoms with Crippen molar-refractivity contribution in [3.63, 3.8) is 0 Å². The van der Waals surface area contributed by atoms with Gasteiger partial charge in [-0.3, -0.25) is 15.1 Å². The van der Waals surface area contributed by atoms with Crippen LogP contribution in [0.3, 0.4) is 0 Å². The first-order valence-corrected chi connectivity index (χ1v) is 7.53. The molecule has 0 radical (unpaired) electrons. The van der Waals surface area contributed by atoms with Crippen molar-refractivity contribution in [2.75, 3.05) is 13.1 Å². The van der Waals surface area contributed by atoms with Gasteiger partial charge in [-0.15, -0.1) is 0 Å². The highest BCUT2D eigenvalue weighted by Crippen LogP contribution is 2.25. The van der Waals surface area contributed by atoms with Crippen molar-refractivity contribution in [3.05, 3.63) is 35.1 Å². The Labute approximate surface area is 125 Å². The number of hydrogen-bond donors (Lipinski definition) is 2. The van der Waals surface area contributed by atoms with E-state index in [9.17, 15) is 9.18 Å². The molecule has 21 heavy (non-hydrogen) atoms. The molecule has 1 amide bonds. The fraction of sp³-hybridized carbons (Fsp3) is 0.562. The highest BCUT2D eigenvalue weighted by atomic mass is 19.1. The lowest BCUT2D eigenvalue weighted by Crippen LogP contribution is -2.35. The van der Waals surface area contributed by atoms with Crippen molar-refractivity contribution in [1.82, 2.24) is 10.3 Å². The standard InChI is InChI=1S/C16H24FN3O/c1-11(2)12-5-7-20(8-6-12)10-14-9-13(16(21)19-18)3-4-15(14)17/h3-4,9,11-12H,5-8,10,18H2,1-2H3,(H,19,21). The Morgan fingerprint density at radius 3 is 2.67 bits per heavy atom. The van der Waals surface area contributed by atoms with Crippen LogP contribution in [0.25, 0.3) is 0 Å². The first kappa shape index (κ1) is 15.9. The Bertz CT molecular complexity index is 496. The number of hydrazine groups is 1. The molecule has 5 heteroatoms. The lowest BCUT2D eigenvalue weighted by atomic mass is 9.86. The fourth-order valence-electron chi connectivity index (χ4n) is 2.94. The number of nitrogens with one attached hydrogen (secondary N) is 1. The van der Waals surface area contributed by atoms with E-state index in [0.717, 1.165) is 31.8 Å². The van der Waals surface area contributed by atoms with Crippen LogP contribution in [0.5, 0.6) is 0 Å². The number of nitrogen functional groups attached to an aromatic ring is 1. The molecule has 2 rings (SSSR count). The van der Waals surface area contributed by atoms with Gasteiger partial charge in [0.15, 0.2) is 0 Å². The number of nitrogens with two attached hydrogens (primary N) is 1. The molecular formula is C16H24FN3O. The van der Waals surface area contributed by atoms with Gasteiger partial charge in [0.25, 0.3) is 5.91 Å². The second kappa shape index (κ2) is 7.00. The Kier molecular flexibility index (Phi) is 5.31. The van der Waals surface area contributed by atoms with Crippen molar-refractivity contribution < 1.29 is 9.18 Å². The van der Waals surface area contributed by atoms with E-state index >= 15 is 0 Å². The summed E-state index contributed by atoms with van der Waals surface area (Å²) in [6.07, 6.45) is 2.31. The highest BCUT2D eigenvalue weighted by Gasteiger charge is 2.22. The fourth-order valence-corrected chi connectivity index (χ4v) is 2.94. The summed E-state index contributed by atoms with van der Waals surface area (Å²) < 4.78 is 13.9. The number of amides is 1. The van der Waals surface area contributed by atoms with Crippen LogP contribution in [-0.4, -0.2) is 23.9 Å². The Balaban J connectivity index is 2.01. The summed E-state index contributed by atoms with van der Waals surface area (Å²) in [5.41, 5.74) is 3.02. The van der Waals surface area contributed by atoms with E-state index in [0.29, 0.717) is 23.6 Å². The molecular weight excluding hydrogens is 269 g/mol. The summed E-state index contributed by atoms with van der Waals surface area (Å²) in [5.74, 6) is 5.93. The molecule has 3 N–H and O–H groups in total. The number of carbonyl (C=O) groups excluding carboxylic acids is 1. The molecule has 1 aliphatic rings. The van der Waals surface area contributed by atoms with Crippen molar-refractivity contribution in [2.45, 2.75) is 33.2 Å². The van der Waals surface area contributed by atoms with Gasteiger partial charge in [-0.25, -0.2) is 10.2 Å². The molecule has 1 saturated heterocycles. The zero-order valence-electron chi connectivity index (χ0n) is 12.7. The minimum Gasteiger partial charge on any atom is -0.299 e. The summed E-state index contributed by atoms with van der Waals surface area (Å²) >= 11 is 0. The van der Waals surface area contributed by atoms with Crippen LogP contribution in [-0.2, 0) is 6.54 Å². The van der Waals surface area contributed by atoms with Gasteiger partial charge in [0, 0.05) is 17.7 Å². The van der Waals surface area contributed by atoms with E-state index in [1.807, 2.05) is 0 Å². The SMILES string of the molecule is CC(C)C1CCN(Cc2cc(C(=O)NN)ccc2F)CC1. The van der Waals surface area contributed by atoms with Gasteiger partial charge < -0.3 is 0 Å². The van der Waals surface area contributed by atoms with Crippen molar-refractivity contribution in [3.8, 4) is 0 Å². The molecule has 0 atom stereocenters. The molecule has 4 nitrogen and oxygen atoms in total. The molecule has 0 saturated carbocycles. The maximum Gasteiger partial charge on any atom is 0.265 e. The minimum atomic E-state index is -0.394. The number of nitrogens with zero attached hydrogens (tertiary/aromatic N) is 1. The molecule has 0 aromatic heterocycles. The van der Waals surface area contributed by atoms with Crippen LogP contribution >= 0.6 is 0 Å². The number of carbonyl (C=O) groups is 1. The zero-order chi connectivity index (χ0) is 15.4. The monoisotopic (exact) mass is 293 g/mol. The summed E-state index contributed by atoms with van der Waals surface area (Å²) in [4.78, 5) is 13.8. The number of rotatable bonds is 4. The number of hydrogen-bond acceptors (Lipinski definition) is 3. The molecule has 0 spiro atoms. The lowest BCUT2D eigenvalue weighted by Gasteiger charge is -2.33.